The van der Waals surface area contributed by atoms with Crippen molar-refractivity contribution in [3.8, 4) is 5.75 Å². The highest BCUT2D eigenvalue weighted by atomic mass is 32.2. The van der Waals surface area contributed by atoms with Crippen LogP contribution in [0.2, 0.25) is 0 Å². The van der Waals surface area contributed by atoms with E-state index >= 15 is 0 Å². The van der Waals surface area contributed by atoms with Crippen molar-refractivity contribution in [2.75, 3.05) is 28.3 Å². The zero-order valence-electron chi connectivity index (χ0n) is 34.8. The van der Waals surface area contributed by atoms with Crippen LogP contribution < -0.4 is 20.7 Å². The Kier molecular flexibility index (Phi) is 14.8. The van der Waals surface area contributed by atoms with Gasteiger partial charge in [-0.15, -0.1) is 0 Å². The average Bonchev–Trinajstić information content (AvgIpc) is 3.22. The molecule has 0 amide bonds. The van der Waals surface area contributed by atoms with E-state index in [1.165, 1.54) is 54.6 Å². The number of azo groups is 2. The first kappa shape index (κ1) is 50.7. The van der Waals surface area contributed by atoms with E-state index in [9.17, 15) is 64.9 Å². The minimum Gasteiger partial charge on any atom is -0.491 e. The molecule has 0 aliphatic carbocycles. The molecule has 0 spiro atoms. The summed E-state index contributed by atoms with van der Waals surface area (Å²) in [5.41, 5.74) is 1.06. The van der Waals surface area contributed by atoms with Gasteiger partial charge < -0.3 is 20.7 Å². The minimum atomic E-state index is -4.92. The van der Waals surface area contributed by atoms with Crippen molar-refractivity contribution in [1.29, 1.82) is 0 Å². The molecule has 26 nitrogen and oxygen atoms in total. The van der Waals surface area contributed by atoms with Crippen LogP contribution >= 0.6 is 0 Å². The summed E-state index contributed by atoms with van der Waals surface area (Å²) in [4.78, 5) is 11.0. The Balaban J connectivity index is 1.31. The molecular weight excluding hydrogens is 1000 g/mol. The van der Waals surface area contributed by atoms with Gasteiger partial charge in [0.1, 0.15) is 15.5 Å². The van der Waals surface area contributed by atoms with Crippen molar-refractivity contribution in [2.24, 2.45) is 20.5 Å². The lowest BCUT2D eigenvalue weighted by Crippen LogP contribution is -2.27. The summed E-state index contributed by atoms with van der Waals surface area (Å²) in [6, 6.07) is 19.2. The fraction of sp³-hybridized carbons (Fsp3) is 0.162. The maximum absolute atomic E-state index is 12.3. The SMILES string of the molecule is Cc1cc(Nc2nc(Nc3ccc(N=Nc4cccc(S(=O)(=O)O)c4)cc3OCCCS(=O)(=O)O)nc(NC(C)S(=O)(=O)O)n2)ccc1N=Nc1cc(S(=O)(=O)O)c2cccc(S(=O)(=O)O)c2c1. The van der Waals surface area contributed by atoms with Crippen LogP contribution in [0.3, 0.4) is 0 Å². The maximum atomic E-state index is 12.3. The molecule has 1 unspecified atom stereocenters. The fourth-order valence-electron chi connectivity index (χ4n) is 5.86. The number of hydrogen-bond acceptors (Lipinski definition) is 21. The number of ether oxygens (including phenoxy) is 1. The Labute approximate surface area is 387 Å². The molecule has 5 aromatic carbocycles. The van der Waals surface area contributed by atoms with Gasteiger partial charge in [-0.3, -0.25) is 22.8 Å². The summed E-state index contributed by atoms with van der Waals surface area (Å²) in [6.07, 6.45) is -0.163. The first-order valence-corrected chi connectivity index (χ1v) is 26.3. The van der Waals surface area contributed by atoms with Crippen LogP contribution in [0.5, 0.6) is 5.75 Å². The number of benzene rings is 5. The largest absolute Gasteiger partial charge is 0.491 e. The highest BCUT2D eigenvalue weighted by Crippen LogP contribution is 2.36. The summed E-state index contributed by atoms with van der Waals surface area (Å²) in [6.45, 7) is 2.46. The lowest BCUT2D eigenvalue weighted by atomic mass is 10.1. The van der Waals surface area contributed by atoms with E-state index in [1.54, 1.807) is 13.0 Å². The van der Waals surface area contributed by atoms with Crippen LogP contribution in [-0.2, 0) is 50.6 Å². The highest BCUT2D eigenvalue weighted by molar-refractivity contribution is 7.87. The molecule has 360 valence electrons. The van der Waals surface area contributed by atoms with Gasteiger partial charge in [-0.25, -0.2) is 0 Å². The van der Waals surface area contributed by atoms with E-state index in [1.807, 2.05) is 0 Å². The maximum Gasteiger partial charge on any atom is 0.295 e. The number of nitrogens with zero attached hydrogens (tertiary/aromatic N) is 7. The molecule has 0 saturated carbocycles. The number of rotatable bonds is 19. The zero-order chi connectivity index (χ0) is 49.8. The number of aromatic nitrogens is 3. The van der Waals surface area contributed by atoms with Crippen LogP contribution in [-0.4, -0.2) is 97.5 Å². The zero-order valence-corrected chi connectivity index (χ0v) is 38.8. The summed E-state index contributed by atoms with van der Waals surface area (Å²) in [7, 11) is -23.3. The van der Waals surface area contributed by atoms with Crippen molar-refractivity contribution >= 4 is 113 Å². The Morgan fingerprint density at radius 1 is 0.603 bits per heavy atom. The molecule has 6 aromatic rings. The van der Waals surface area contributed by atoms with E-state index in [0.717, 1.165) is 37.3 Å². The topological polar surface area (TPSA) is 405 Å². The van der Waals surface area contributed by atoms with Gasteiger partial charge >= 0.3 is 0 Å². The third-order valence-electron chi connectivity index (χ3n) is 9.01. The summed E-state index contributed by atoms with van der Waals surface area (Å²) < 4.78 is 172. The van der Waals surface area contributed by atoms with Crippen molar-refractivity contribution in [1.82, 2.24) is 15.0 Å². The Bertz CT molecular complexity index is 3580. The molecular formula is C37H36N10O16S5. The number of fused-ring (bicyclic) bond motifs is 1. The third-order valence-corrected chi connectivity index (χ3v) is 13.5. The monoisotopic (exact) mass is 1040 g/mol. The van der Waals surface area contributed by atoms with Gasteiger partial charge in [0, 0.05) is 22.5 Å². The number of hydrogen-bond donors (Lipinski definition) is 8. The lowest BCUT2D eigenvalue weighted by Gasteiger charge is -2.16. The second-order valence-electron chi connectivity index (χ2n) is 14.1. The third kappa shape index (κ3) is 13.7. The van der Waals surface area contributed by atoms with Crippen LogP contribution in [0.1, 0.15) is 18.9 Å². The summed E-state index contributed by atoms with van der Waals surface area (Å²) in [5.74, 6) is -1.49. The molecule has 0 bridgehead atoms. The van der Waals surface area contributed by atoms with Crippen molar-refractivity contribution in [3.63, 3.8) is 0 Å². The highest BCUT2D eigenvalue weighted by Gasteiger charge is 2.23. The number of anilines is 5. The van der Waals surface area contributed by atoms with Gasteiger partial charge in [0.15, 0.2) is 5.37 Å². The molecule has 0 aliphatic heterocycles. The standard InChI is InChI=1S/C37H36N10O16S5/c1-21-16-23(10-12-30(21)47-46-26-18-29-28(34(20-26)68(60,61)62)8-4-9-33(29)67(57,58)59)39-36-41-35(38-22(2)65(51,52)53)42-37(43-36)40-31-13-11-25(19-32(31)63-14-5-15-64(48,49)50)45-44-24-6-3-7-27(17-24)66(54,55)56/h3-4,6-13,16-20,22H,5,14-15H2,1-2H3,(H,48,49,50)(H,51,52,53)(H,54,55,56)(H,57,58,59)(H,60,61,62)(H3,38,39,40,41,42,43). The molecule has 6 rings (SSSR count). The second-order valence-corrected chi connectivity index (χ2v) is 21.7. The van der Waals surface area contributed by atoms with E-state index < -0.39 is 76.4 Å². The molecule has 68 heavy (non-hydrogen) atoms. The van der Waals surface area contributed by atoms with E-state index in [2.05, 4.69) is 51.4 Å². The van der Waals surface area contributed by atoms with Gasteiger partial charge in [-0.1, -0.05) is 18.2 Å². The number of aryl methyl sites for hydroxylation is 1. The van der Waals surface area contributed by atoms with Crippen LogP contribution in [0, 0.1) is 6.92 Å². The normalized spacial score (nSPS) is 13.2. The summed E-state index contributed by atoms with van der Waals surface area (Å²) in [5, 5.41) is 22.4. The molecule has 8 N–H and O–H groups in total. The molecule has 0 fully saturated rings. The quantitative estimate of drug-likeness (QED) is 0.0238. The van der Waals surface area contributed by atoms with Crippen molar-refractivity contribution in [3.05, 3.63) is 96.6 Å². The van der Waals surface area contributed by atoms with E-state index in [-0.39, 0.29) is 75.8 Å². The van der Waals surface area contributed by atoms with Gasteiger partial charge in [-0.05, 0) is 92.6 Å². The molecule has 1 heterocycles. The molecule has 0 radical (unpaired) electrons. The van der Waals surface area contributed by atoms with Crippen LogP contribution in [0.15, 0.2) is 126 Å². The average molecular weight is 1040 g/mol. The second kappa shape index (κ2) is 19.9. The number of nitrogens with one attached hydrogen (secondary N) is 3. The minimum absolute atomic E-state index is 0.00337. The van der Waals surface area contributed by atoms with Gasteiger partial charge in [0.25, 0.3) is 50.6 Å². The Morgan fingerprint density at radius 3 is 1.87 bits per heavy atom. The van der Waals surface area contributed by atoms with Crippen molar-refractivity contribution in [2.45, 2.75) is 40.3 Å². The molecule has 1 atom stereocenters. The van der Waals surface area contributed by atoms with E-state index in [4.69, 9.17) is 4.74 Å². The van der Waals surface area contributed by atoms with Crippen LogP contribution in [0.4, 0.5) is 52.0 Å². The van der Waals surface area contributed by atoms with Gasteiger partial charge in [0.2, 0.25) is 17.8 Å². The van der Waals surface area contributed by atoms with Crippen molar-refractivity contribution < 1.29 is 69.6 Å². The molecule has 1 aromatic heterocycles. The first-order chi connectivity index (χ1) is 31.6. The Hall–Kier alpha value is -6.68. The van der Waals surface area contributed by atoms with Gasteiger partial charge in [0.05, 0.1) is 45.7 Å². The van der Waals surface area contributed by atoms with Gasteiger partial charge in [-0.2, -0.15) is 77.5 Å². The van der Waals surface area contributed by atoms with E-state index in [0.29, 0.717) is 11.3 Å². The molecule has 0 aliphatic rings. The first-order valence-electron chi connectivity index (χ1n) is 18.9. The predicted octanol–water partition coefficient (Wildman–Crippen LogP) is 6.69. The summed E-state index contributed by atoms with van der Waals surface area (Å²) >= 11 is 0. The fourth-order valence-corrected chi connectivity index (χ4v) is 8.54. The predicted molar refractivity (Wildman–Crippen MR) is 243 cm³/mol. The Morgan fingerprint density at radius 2 is 1.24 bits per heavy atom. The molecule has 31 heteroatoms. The lowest BCUT2D eigenvalue weighted by molar-refractivity contribution is 0.317. The van der Waals surface area contributed by atoms with Crippen LogP contribution in [0.25, 0.3) is 10.8 Å². The molecule has 0 saturated heterocycles. The smallest absolute Gasteiger partial charge is 0.295 e.